The summed E-state index contributed by atoms with van der Waals surface area (Å²) in [5, 5.41) is 14.8. The SMILES string of the molecule is CC(C)(C)OC(=O)N1CCC[C@@H](n2nc(-c3ccc(Oc4ccccc4)cc3)c3c(N)ncnc32)C1.Nc1ncnc2c1c(-c1ccc(Oc3ccccc3)cc1)nn2[C@@H]1CCCNC1. The fourth-order valence-corrected chi connectivity index (χ4v) is 8.20. The topological polar surface area (TPSA) is 199 Å². The molecule has 0 aliphatic carbocycles. The third kappa shape index (κ3) is 9.67. The Morgan fingerprint density at radius 3 is 1.58 bits per heavy atom. The molecule has 4 aromatic carbocycles. The van der Waals surface area contributed by atoms with Gasteiger partial charge in [0.05, 0.1) is 22.9 Å². The van der Waals surface area contributed by atoms with Gasteiger partial charge in [-0.2, -0.15) is 10.2 Å². The monoisotopic (exact) mass is 872 g/mol. The van der Waals surface area contributed by atoms with Crippen molar-refractivity contribution in [3.8, 4) is 45.5 Å². The van der Waals surface area contributed by atoms with Crippen molar-refractivity contribution in [1.29, 1.82) is 0 Å². The first kappa shape index (κ1) is 42.7. The van der Waals surface area contributed by atoms with Gasteiger partial charge in [0.2, 0.25) is 0 Å². The van der Waals surface area contributed by atoms with E-state index in [2.05, 4.69) is 25.3 Å². The van der Waals surface area contributed by atoms with E-state index in [0.29, 0.717) is 41.5 Å². The molecule has 6 heterocycles. The van der Waals surface area contributed by atoms with Crippen LogP contribution in [0.25, 0.3) is 44.6 Å². The highest BCUT2D eigenvalue weighted by molar-refractivity contribution is 5.99. The van der Waals surface area contributed by atoms with Gasteiger partial charge in [-0.25, -0.2) is 34.1 Å². The number of carbonyl (C=O) groups is 1. The van der Waals surface area contributed by atoms with Gasteiger partial charge < -0.3 is 35.9 Å². The van der Waals surface area contributed by atoms with Gasteiger partial charge in [0.25, 0.3) is 0 Å². The van der Waals surface area contributed by atoms with Crippen LogP contribution in [-0.4, -0.2) is 82.3 Å². The minimum Gasteiger partial charge on any atom is -0.457 e. The standard InChI is InChI=1S/C27H30N6O3.C22H22N6O/c1-27(2,3)36-26(34)32-15-7-8-19(16-32)33-25-22(24(28)29-17-30-25)23(31-33)18-11-13-21(14-12-18)35-20-9-5-4-6-10-20;23-21-19-20(15-8-10-18(11-9-15)29-17-6-2-1-3-7-17)27-28(22(19)26-14-25-21)16-5-4-12-24-13-16/h4-6,9-14,17,19H,7-8,15-16H2,1-3H3,(H2,28,29,30);1-3,6-11,14,16,24H,4-5,12-13H2,(H2,23,25,26)/t19-;16-/m11/s1. The maximum atomic E-state index is 12.7. The number of hydrogen-bond acceptors (Lipinski definition) is 13. The molecule has 332 valence electrons. The van der Waals surface area contributed by atoms with Crippen molar-refractivity contribution in [1.82, 2.24) is 49.7 Å². The Balaban J connectivity index is 0.000000168. The molecule has 2 saturated heterocycles. The molecule has 2 atom stereocenters. The van der Waals surface area contributed by atoms with E-state index < -0.39 is 5.60 Å². The minimum atomic E-state index is -0.548. The van der Waals surface area contributed by atoms with Gasteiger partial charge in [-0.1, -0.05) is 36.4 Å². The number of anilines is 2. The lowest BCUT2D eigenvalue weighted by Crippen LogP contribution is -2.43. The molecule has 65 heavy (non-hydrogen) atoms. The summed E-state index contributed by atoms with van der Waals surface area (Å²) in [6, 6.07) is 35.1. The summed E-state index contributed by atoms with van der Waals surface area (Å²) in [6.45, 7) is 8.67. The third-order valence-corrected chi connectivity index (χ3v) is 11.3. The molecule has 0 radical (unpaired) electrons. The fraction of sp³-hybridized carbons (Fsp3) is 0.286. The van der Waals surface area contributed by atoms with Gasteiger partial charge in [0.15, 0.2) is 11.3 Å². The number of aromatic nitrogens is 8. The number of nitrogens with one attached hydrogen (secondary N) is 1. The van der Waals surface area contributed by atoms with Crippen LogP contribution in [0.4, 0.5) is 16.4 Å². The second-order valence-electron chi connectivity index (χ2n) is 17.1. The molecule has 2 aliphatic heterocycles. The van der Waals surface area contributed by atoms with E-state index in [1.807, 2.05) is 139 Å². The summed E-state index contributed by atoms with van der Waals surface area (Å²) >= 11 is 0. The highest BCUT2D eigenvalue weighted by atomic mass is 16.6. The van der Waals surface area contributed by atoms with E-state index in [4.69, 9.17) is 35.9 Å². The highest BCUT2D eigenvalue weighted by Gasteiger charge is 2.31. The second-order valence-corrected chi connectivity index (χ2v) is 17.1. The Bertz CT molecular complexity index is 2870. The van der Waals surface area contributed by atoms with E-state index >= 15 is 0 Å². The minimum absolute atomic E-state index is 0.0579. The molecule has 5 N–H and O–H groups in total. The Labute approximate surface area is 376 Å². The second kappa shape index (κ2) is 18.6. The quantitative estimate of drug-likeness (QED) is 0.131. The van der Waals surface area contributed by atoms with Crippen LogP contribution in [0.1, 0.15) is 58.5 Å². The van der Waals surface area contributed by atoms with Crippen LogP contribution in [0, 0.1) is 0 Å². The molecule has 8 aromatic rings. The van der Waals surface area contributed by atoms with Crippen molar-refractivity contribution < 1.29 is 19.0 Å². The Morgan fingerprint density at radius 1 is 0.631 bits per heavy atom. The highest BCUT2D eigenvalue weighted by Crippen LogP contribution is 2.37. The van der Waals surface area contributed by atoms with Gasteiger partial charge in [0, 0.05) is 30.8 Å². The lowest BCUT2D eigenvalue weighted by Gasteiger charge is -2.34. The van der Waals surface area contributed by atoms with Crippen molar-refractivity contribution in [2.24, 2.45) is 0 Å². The van der Waals surface area contributed by atoms with Gasteiger partial charge in [-0.05, 0) is 126 Å². The van der Waals surface area contributed by atoms with E-state index in [0.717, 1.165) is 89.6 Å². The van der Waals surface area contributed by atoms with Crippen LogP contribution in [0.15, 0.2) is 122 Å². The molecule has 0 spiro atoms. The first-order valence-electron chi connectivity index (χ1n) is 21.9. The number of fused-ring (bicyclic) bond motifs is 2. The van der Waals surface area contributed by atoms with Gasteiger partial charge in [-0.15, -0.1) is 0 Å². The molecule has 1 amide bonds. The van der Waals surface area contributed by atoms with Crippen LogP contribution in [-0.2, 0) is 4.74 Å². The van der Waals surface area contributed by atoms with E-state index in [-0.39, 0.29) is 18.2 Å². The Hall–Kier alpha value is -7.59. The number of para-hydroxylation sites is 2. The number of nitrogen functional groups attached to an aromatic ring is 2. The zero-order chi connectivity index (χ0) is 44.9. The number of carbonyl (C=O) groups excluding carboxylic acids is 1. The molecule has 16 heteroatoms. The predicted molar refractivity (Wildman–Crippen MR) is 251 cm³/mol. The van der Waals surface area contributed by atoms with E-state index in [1.54, 1.807) is 4.90 Å². The first-order chi connectivity index (χ1) is 31.6. The summed E-state index contributed by atoms with van der Waals surface area (Å²) in [5.41, 5.74) is 16.7. The largest absolute Gasteiger partial charge is 0.457 e. The van der Waals surface area contributed by atoms with Crippen molar-refractivity contribution in [2.75, 3.05) is 37.6 Å². The predicted octanol–water partition coefficient (Wildman–Crippen LogP) is 9.23. The van der Waals surface area contributed by atoms with Gasteiger partial charge in [0.1, 0.15) is 64.3 Å². The number of benzene rings is 4. The van der Waals surface area contributed by atoms with Crippen LogP contribution < -0.4 is 26.3 Å². The van der Waals surface area contributed by atoms with Gasteiger partial charge in [-0.3, -0.25) is 0 Å². The molecule has 4 aromatic heterocycles. The molecule has 2 fully saturated rings. The Kier molecular flexibility index (Phi) is 12.2. The maximum Gasteiger partial charge on any atom is 0.410 e. The number of rotatable bonds is 8. The van der Waals surface area contributed by atoms with Crippen molar-refractivity contribution in [2.45, 2.75) is 64.1 Å². The zero-order valence-corrected chi connectivity index (χ0v) is 36.7. The van der Waals surface area contributed by atoms with E-state index in [1.165, 1.54) is 12.7 Å². The summed E-state index contributed by atoms with van der Waals surface area (Å²) in [4.78, 5) is 31.9. The summed E-state index contributed by atoms with van der Waals surface area (Å²) < 4.78 is 21.3. The number of piperidine rings is 2. The van der Waals surface area contributed by atoms with Gasteiger partial charge >= 0.3 is 6.09 Å². The summed E-state index contributed by atoms with van der Waals surface area (Å²) in [5.74, 6) is 3.87. The van der Waals surface area contributed by atoms with Crippen LogP contribution >= 0.6 is 0 Å². The molecule has 10 rings (SSSR count). The smallest absolute Gasteiger partial charge is 0.410 e. The summed E-state index contributed by atoms with van der Waals surface area (Å²) in [7, 11) is 0. The normalized spacial score (nSPS) is 16.4. The molecule has 0 unspecified atom stereocenters. The number of hydrogen-bond donors (Lipinski definition) is 3. The number of amides is 1. The molecular weight excluding hydrogens is 821 g/mol. The maximum absolute atomic E-state index is 12.7. The average molecular weight is 873 g/mol. The van der Waals surface area contributed by atoms with Crippen molar-refractivity contribution >= 4 is 39.8 Å². The molecule has 0 saturated carbocycles. The van der Waals surface area contributed by atoms with Crippen LogP contribution in [0.3, 0.4) is 0 Å². The number of ether oxygens (including phenoxy) is 3. The average Bonchev–Trinajstić information content (AvgIpc) is 3.92. The number of likely N-dealkylation sites (tertiary alicyclic amines) is 1. The molecule has 2 aliphatic rings. The van der Waals surface area contributed by atoms with E-state index in [9.17, 15) is 4.79 Å². The van der Waals surface area contributed by atoms with Crippen LogP contribution in [0.2, 0.25) is 0 Å². The Morgan fingerprint density at radius 2 is 1.11 bits per heavy atom. The first-order valence-corrected chi connectivity index (χ1v) is 21.9. The molecule has 0 bridgehead atoms. The third-order valence-electron chi connectivity index (χ3n) is 11.3. The van der Waals surface area contributed by atoms with Crippen molar-refractivity contribution in [3.63, 3.8) is 0 Å². The lowest BCUT2D eigenvalue weighted by molar-refractivity contribution is 0.0169. The zero-order valence-electron chi connectivity index (χ0n) is 36.7. The molecular formula is C49H52N12O4. The number of nitrogens with zero attached hydrogens (tertiary/aromatic N) is 9. The number of nitrogens with two attached hydrogens (primary N) is 2. The fourth-order valence-electron chi connectivity index (χ4n) is 8.20. The van der Waals surface area contributed by atoms with Crippen LogP contribution in [0.5, 0.6) is 23.0 Å². The lowest BCUT2D eigenvalue weighted by atomic mass is 10.1. The molecule has 16 nitrogen and oxygen atoms in total. The van der Waals surface area contributed by atoms with Crippen molar-refractivity contribution in [3.05, 3.63) is 122 Å². The summed E-state index contributed by atoms with van der Waals surface area (Å²) in [6.07, 6.45) is 6.53.